The molecule has 0 aliphatic carbocycles. The molecule has 2 rings (SSSR count). The van der Waals surface area contributed by atoms with E-state index in [1.165, 1.54) is 0 Å². The predicted molar refractivity (Wildman–Crippen MR) is 82.8 cm³/mol. The molecule has 20 heavy (non-hydrogen) atoms. The number of pyridine rings is 2. The molecule has 2 aromatic rings. The first-order valence-corrected chi connectivity index (χ1v) is 7.04. The molecule has 0 aliphatic heterocycles. The third kappa shape index (κ3) is 3.46. The van der Waals surface area contributed by atoms with Gasteiger partial charge in [-0.3, -0.25) is 4.98 Å². The van der Waals surface area contributed by atoms with Gasteiger partial charge in [0.1, 0.15) is 5.82 Å². The highest BCUT2D eigenvalue weighted by Crippen LogP contribution is 2.20. The van der Waals surface area contributed by atoms with E-state index in [0.29, 0.717) is 11.6 Å². The summed E-state index contributed by atoms with van der Waals surface area (Å²) < 4.78 is 0. The van der Waals surface area contributed by atoms with Crippen LogP contribution in [0.5, 0.6) is 0 Å². The fourth-order valence-electron chi connectivity index (χ4n) is 2.03. The molecule has 0 radical (unpaired) electrons. The Labute approximate surface area is 124 Å². The molecule has 0 fully saturated rings. The molecule has 0 saturated heterocycles. The Morgan fingerprint density at radius 3 is 2.65 bits per heavy atom. The summed E-state index contributed by atoms with van der Waals surface area (Å²) in [6.07, 6.45) is 0. The molecule has 2 N–H and O–H groups in total. The third-order valence-corrected chi connectivity index (χ3v) is 3.45. The first-order valence-electron chi connectivity index (χ1n) is 6.67. The summed E-state index contributed by atoms with van der Waals surface area (Å²) in [4.78, 5) is 11.2. The second kappa shape index (κ2) is 6.68. The summed E-state index contributed by atoms with van der Waals surface area (Å²) >= 11 is 6.05. The average molecular weight is 291 g/mol. The summed E-state index contributed by atoms with van der Waals surface area (Å²) in [5.74, 6) is 0.876. The van der Waals surface area contributed by atoms with Crippen LogP contribution < -0.4 is 10.6 Å². The van der Waals surface area contributed by atoms with Crippen LogP contribution >= 0.6 is 11.6 Å². The first kappa shape index (κ1) is 14.8. The van der Waals surface area contributed by atoms with Gasteiger partial charge in [0.05, 0.1) is 23.0 Å². The van der Waals surface area contributed by atoms with Gasteiger partial charge in [0.25, 0.3) is 0 Å². The lowest BCUT2D eigenvalue weighted by molar-refractivity contribution is 0.784. The van der Waals surface area contributed by atoms with Crippen molar-refractivity contribution in [2.75, 3.05) is 11.4 Å². The van der Waals surface area contributed by atoms with Crippen LogP contribution in [0.1, 0.15) is 24.0 Å². The second-order valence-corrected chi connectivity index (χ2v) is 4.99. The molecule has 0 spiro atoms. The minimum atomic E-state index is 0.340. The van der Waals surface area contributed by atoms with Crippen molar-refractivity contribution in [1.29, 1.82) is 0 Å². The van der Waals surface area contributed by atoms with Crippen molar-refractivity contribution >= 4 is 17.4 Å². The zero-order valence-electron chi connectivity index (χ0n) is 11.8. The average Bonchev–Trinajstić information content (AvgIpc) is 2.45. The number of halogens is 1. The lowest BCUT2D eigenvalue weighted by Gasteiger charge is -2.22. The Morgan fingerprint density at radius 1 is 1.20 bits per heavy atom. The highest BCUT2D eigenvalue weighted by molar-refractivity contribution is 6.31. The standard InChI is InChI=1S/C15H19ClN4/c1-3-20(10-12-6-4-5-11(2)18-12)15-8-7-13(16)14(9-17)19-15/h4-8H,3,9-10,17H2,1-2H3. The summed E-state index contributed by atoms with van der Waals surface area (Å²) in [6, 6.07) is 9.80. The van der Waals surface area contributed by atoms with E-state index in [1.54, 1.807) is 0 Å². The van der Waals surface area contributed by atoms with E-state index in [0.717, 1.165) is 36.0 Å². The summed E-state index contributed by atoms with van der Waals surface area (Å²) in [5, 5.41) is 0.612. The zero-order chi connectivity index (χ0) is 14.5. The Balaban J connectivity index is 2.24. The van der Waals surface area contributed by atoms with Gasteiger partial charge in [0.2, 0.25) is 0 Å². The SMILES string of the molecule is CCN(Cc1cccc(C)n1)c1ccc(Cl)c(CN)n1. The smallest absolute Gasteiger partial charge is 0.129 e. The van der Waals surface area contributed by atoms with Crippen molar-refractivity contribution in [2.24, 2.45) is 5.73 Å². The van der Waals surface area contributed by atoms with E-state index in [-0.39, 0.29) is 0 Å². The van der Waals surface area contributed by atoms with Crippen LogP contribution in [0, 0.1) is 6.92 Å². The lowest BCUT2D eigenvalue weighted by atomic mass is 10.2. The van der Waals surface area contributed by atoms with Crippen molar-refractivity contribution in [3.05, 3.63) is 52.4 Å². The molecule has 0 aliphatic rings. The van der Waals surface area contributed by atoms with Gasteiger partial charge in [0.15, 0.2) is 0 Å². The van der Waals surface area contributed by atoms with Crippen molar-refractivity contribution in [3.8, 4) is 0 Å². The van der Waals surface area contributed by atoms with E-state index in [9.17, 15) is 0 Å². The number of nitrogens with zero attached hydrogens (tertiary/aromatic N) is 3. The van der Waals surface area contributed by atoms with Gasteiger partial charge < -0.3 is 10.6 Å². The van der Waals surface area contributed by atoms with Crippen LogP contribution in [0.15, 0.2) is 30.3 Å². The lowest BCUT2D eigenvalue weighted by Crippen LogP contribution is -2.24. The van der Waals surface area contributed by atoms with Gasteiger partial charge in [-0.2, -0.15) is 0 Å². The number of nitrogens with two attached hydrogens (primary N) is 1. The van der Waals surface area contributed by atoms with Gasteiger partial charge in [0, 0.05) is 18.8 Å². The van der Waals surface area contributed by atoms with Crippen LogP contribution in [-0.4, -0.2) is 16.5 Å². The van der Waals surface area contributed by atoms with E-state index < -0.39 is 0 Å². The largest absolute Gasteiger partial charge is 0.351 e. The first-order chi connectivity index (χ1) is 9.63. The molecule has 0 bridgehead atoms. The third-order valence-electron chi connectivity index (χ3n) is 3.10. The van der Waals surface area contributed by atoms with Gasteiger partial charge in [-0.05, 0) is 38.1 Å². The highest BCUT2D eigenvalue weighted by atomic mass is 35.5. The summed E-state index contributed by atoms with van der Waals surface area (Å²) in [5.41, 5.74) is 8.42. The Hall–Kier alpha value is -1.65. The van der Waals surface area contributed by atoms with Crippen LogP contribution in [0.2, 0.25) is 5.02 Å². The topological polar surface area (TPSA) is 55.0 Å². The summed E-state index contributed by atoms with van der Waals surface area (Å²) in [6.45, 7) is 5.99. The molecule has 106 valence electrons. The molecule has 2 heterocycles. The normalized spacial score (nSPS) is 10.6. The van der Waals surface area contributed by atoms with Crippen LogP contribution in [0.4, 0.5) is 5.82 Å². The molecule has 0 aromatic carbocycles. The quantitative estimate of drug-likeness (QED) is 0.920. The molecular weight excluding hydrogens is 272 g/mol. The van der Waals surface area contributed by atoms with Gasteiger partial charge in [-0.1, -0.05) is 17.7 Å². The molecule has 0 saturated carbocycles. The highest BCUT2D eigenvalue weighted by Gasteiger charge is 2.10. The maximum Gasteiger partial charge on any atom is 0.129 e. The number of aromatic nitrogens is 2. The number of hydrogen-bond donors (Lipinski definition) is 1. The van der Waals surface area contributed by atoms with E-state index >= 15 is 0 Å². The Kier molecular flexibility index (Phi) is 4.93. The van der Waals surface area contributed by atoms with Crippen molar-refractivity contribution in [3.63, 3.8) is 0 Å². The maximum atomic E-state index is 6.05. The van der Waals surface area contributed by atoms with Crippen molar-refractivity contribution in [1.82, 2.24) is 9.97 Å². The van der Waals surface area contributed by atoms with Gasteiger partial charge >= 0.3 is 0 Å². The Morgan fingerprint density at radius 2 is 2.00 bits per heavy atom. The number of hydrogen-bond acceptors (Lipinski definition) is 4. The molecular formula is C15H19ClN4. The van der Waals surface area contributed by atoms with E-state index in [1.807, 2.05) is 37.3 Å². The van der Waals surface area contributed by atoms with Gasteiger partial charge in [-0.15, -0.1) is 0 Å². The summed E-state index contributed by atoms with van der Waals surface area (Å²) in [7, 11) is 0. The molecule has 0 unspecified atom stereocenters. The molecule has 2 aromatic heterocycles. The fourth-order valence-corrected chi connectivity index (χ4v) is 2.21. The van der Waals surface area contributed by atoms with Crippen LogP contribution in [-0.2, 0) is 13.1 Å². The fraction of sp³-hybridized carbons (Fsp3) is 0.333. The molecule has 4 nitrogen and oxygen atoms in total. The van der Waals surface area contributed by atoms with Crippen LogP contribution in [0.25, 0.3) is 0 Å². The minimum absolute atomic E-state index is 0.340. The maximum absolute atomic E-state index is 6.05. The Bertz CT molecular complexity index is 586. The minimum Gasteiger partial charge on any atom is -0.351 e. The number of aryl methyl sites for hydroxylation is 1. The monoisotopic (exact) mass is 290 g/mol. The zero-order valence-corrected chi connectivity index (χ0v) is 12.6. The van der Waals surface area contributed by atoms with Gasteiger partial charge in [-0.25, -0.2) is 4.98 Å². The molecule has 0 atom stereocenters. The van der Waals surface area contributed by atoms with E-state index in [2.05, 4.69) is 21.8 Å². The second-order valence-electron chi connectivity index (χ2n) is 4.59. The predicted octanol–water partition coefficient (Wildman–Crippen LogP) is 2.92. The van der Waals surface area contributed by atoms with Crippen LogP contribution in [0.3, 0.4) is 0 Å². The molecule has 0 amide bonds. The molecule has 5 heteroatoms. The van der Waals surface area contributed by atoms with Crippen molar-refractivity contribution in [2.45, 2.75) is 26.9 Å². The number of anilines is 1. The van der Waals surface area contributed by atoms with E-state index in [4.69, 9.17) is 17.3 Å². The van der Waals surface area contributed by atoms with Crippen molar-refractivity contribution < 1.29 is 0 Å². The number of rotatable bonds is 5.